The molecule has 0 aromatic heterocycles. The van der Waals surface area contributed by atoms with Crippen LogP contribution >= 0.6 is 0 Å². The largest absolute Gasteiger partial charge is 0.497 e. The number of nitrogens with two attached hydrogens (primary N) is 1. The molecule has 2 aromatic rings. The predicted molar refractivity (Wildman–Crippen MR) is 96.1 cm³/mol. The number of hydrogen-bond donors (Lipinski definition) is 1. The maximum atomic E-state index is 6.21. The van der Waals surface area contributed by atoms with Crippen LogP contribution < -0.4 is 10.5 Å². The van der Waals surface area contributed by atoms with E-state index >= 15 is 0 Å². The van der Waals surface area contributed by atoms with Gasteiger partial charge in [-0.3, -0.25) is 0 Å². The number of benzene rings is 2. The van der Waals surface area contributed by atoms with Crippen molar-refractivity contribution in [3.05, 3.63) is 65.7 Å². The van der Waals surface area contributed by atoms with E-state index < -0.39 is 0 Å². The van der Waals surface area contributed by atoms with Crippen molar-refractivity contribution >= 4 is 11.3 Å². The van der Waals surface area contributed by atoms with E-state index in [4.69, 9.17) is 10.5 Å². The molecular weight excluding hydrogens is 284 g/mol. The van der Waals surface area contributed by atoms with Crippen LogP contribution in [0.15, 0.2) is 54.6 Å². The van der Waals surface area contributed by atoms with Crippen molar-refractivity contribution in [3.8, 4) is 5.75 Å². The molecule has 120 valence electrons. The number of nitrogen functional groups attached to an aromatic ring is 1. The second-order valence-electron chi connectivity index (χ2n) is 6.62. The number of ether oxygens (including phenoxy) is 1. The van der Waals surface area contributed by atoms with Crippen LogP contribution in [-0.4, -0.2) is 31.7 Å². The van der Waals surface area contributed by atoms with E-state index in [-0.39, 0.29) is 0 Å². The highest BCUT2D eigenvalue weighted by molar-refractivity contribution is 5.77. The van der Waals surface area contributed by atoms with Crippen LogP contribution in [-0.2, 0) is 6.54 Å². The molecular formula is C20H25N2O+. The molecule has 2 N–H and O–H groups in total. The van der Waals surface area contributed by atoms with Crippen molar-refractivity contribution in [2.75, 3.05) is 33.0 Å². The van der Waals surface area contributed by atoms with Crippen molar-refractivity contribution in [3.63, 3.8) is 0 Å². The maximum Gasteiger partial charge on any atom is 0.119 e. The molecule has 1 heterocycles. The van der Waals surface area contributed by atoms with Crippen molar-refractivity contribution in [2.45, 2.75) is 13.0 Å². The van der Waals surface area contributed by atoms with E-state index in [2.05, 4.69) is 49.5 Å². The summed E-state index contributed by atoms with van der Waals surface area (Å²) in [6, 6.07) is 16.6. The van der Waals surface area contributed by atoms with Gasteiger partial charge in [-0.05, 0) is 18.2 Å². The zero-order chi connectivity index (χ0) is 16.3. The molecule has 1 atom stereocenters. The molecule has 1 unspecified atom stereocenters. The summed E-state index contributed by atoms with van der Waals surface area (Å²) in [5.74, 6) is 0.859. The van der Waals surface area contributed by atoms with Crippen LogP contribution in [0.1, 0.15) is 17.5 Å². The van der Waals surface area contributed by atoms with Crippen molar-refractivity contribution in [1.82, 2.24) is 0 Å². The fourth-order valence-corrected chi connectivity index (χ4v) is 3.40. The van der Waals surface area contributed by atoms with Gasteiger partial charge in [0.25, 0.3) is 0 Å². The molecule has 3 heteroatoms. The number of nitrogens with zero attached hydrogens (tertiary/aromatic N) is 1. The first-order valence-electron chi connectivity index (χ1n) is 8.10. The minimum absolute atomic E-state index is 0.824. The lowest BCUT2D eigenvalue weighted by atomic mass is 9.97. The number of methoxy groups -OCH3 is 1. The third-order valence-electron chi connectivity index (χ3n) is 4.63. The normalized spacial score (nSPS) is 20.9. The molecule has 1 aliphatic rings. The zero-order valence-corrected chi connectivity index (χ0v) is 14.0. The average Bonchev–Trinajstić information content (AvgIpc) is 2.56. The number of quaternary nitrogens is 1. The minimum atomic E-state index is 0.824. The van der Waals surface area contributed by atoms with E-state index in [1.165, 1.54) is 11.1 Å². The molecule has 0 saturated heterocycles. The highest BCUT2D eigenvalue weighted by Crippen LogP contribution is 2.32. The van der Waals surface area contributed by atoms with Gasteiger partial charge in [-0.15, -0.1) is 0 Å². The number of anilines is 1. The number of likely N-dealkylation sites (N-methyl/N-ethyl adjacent to an activating group) is 1. The van der Waals surface area contributed by atoms with Crippen molar-refractivity contribution in [2.24, 2.45) is 0 Å². The second kappa shape index (κ2) is 6.47. The molecule has 3 nitrogen and oxygen atoms in total. The molecule has 23 heavy (non-hydrogen) atoms. The Balaban J connectivity index is 1.84. The van der Waals surface area contributed by atoms with Crippen LogP contribution in [0.3, 0.4) is 0 Å². The summed E-state index contributed by atoms with van der Waals surface area (Å²) in [7, 11) is 4.02. The Morgan fingerprint density at radius 2 is 1.91 bits per heavy atom. The highest BCUT2D eigenvalue weighted by Gasteiger charge is 2.28. The Morgan fingerprint density at radius 1 is 1.13 bits per heavy atom. The van der Waals surface area contributed by atoms with Gasteiger partial charge in [-0.25, -0.2) is 0 Å². The van der Waals surface area contributed by atoms with Crippen LogP contribution in [0.25, 0.3) is 5.57 Å². The Morgan fingerprint density at radius 3 is 2.65 bits per heavy atom. The topological polar surface area (TPSA) is 35.2 Å². The van der Waals surface area contributed by atoms with Gasteiger partial charge in [0.05, 0.1) is 20.7 Å². The molecule has 0 spiro atoms. The number of rotatable bonds is 4. The summed E-state index contributed by atoms with van der Waals surface area (Å²) in [6.07, 6.45) is 3.41. The van der Waals surface area contributed by atoms with Gasteiger partial charge >= 0.3 is 0 Å². The quantitative estimate of drug-likeness (QED) is 0.690. The van der Waals surface area contributed by atoms with Gasteiger partial charge in [0.2, 0.25) is 0 Å². The third kappa shape index (κ3) is 3.57. The molecule has 2 aromatic carbocycles. The van der Waals surface area contributed by atoms with Gasteiger partial charge in [-0.1, -0.05) is 36.4 Å². The van der Waals surface area contributed by atoms with Gasteiger partial charge in [0.1, 0.15) is 18.8 Å². The van der Waals surface area contributed by atoms with E-state index in [0.29, 0.717) is 0 Å². The second-order valence-corrected chi connectivity index (χ2v) is 6.62. The average molecular weight is 309 g/mol. The summed E-state index contributed by atoms with van der Waals surface area (Å²) < 4.78 is 6.37. The van der Waals surface area contributed by atoms with Gasteiger partial charge < -0.3 is 15.0 Å². The fraction of sp³-hybridized carbons (Fsp3) is 0.300. The van der Waals surface area contributed by atoms with Crippen LogP contribution in [0.5, 0.6) is 5.75 Å². The van der Waals surface area contributed by atoms with Crippen molar-refractivity contribution < 1.29 is 9.22 Å². The smallest absolute Gasteiger partial charge is 0.119 e. The molecule has 0 radical (unpaired) electrons. The SMILES string of the molecule is COc1ccc(N)c(C2=CCC[N+](C)(Cc3ccccc3)C2)c1. The van der Waals surface area contributed by atoms with Gasteiger partial charge in [-0.2, -0.15) is 0 Å². The van der Waals surface area contributed by atoms with E-state index in [1.54, 1.807) is 7.11 Å². The van der Waals surface area contributed by atoms with Gasteiger partial charge in [0, 0.05) is 28.8 Å². The first-order chi connectivity index (χ1) is 11.1. The monoisotopic (exact) mass is 309 g/mol. The lowest BCUT2D eigenvalue weighted by Gasteiger charge is -2.38. The van der Waals surface area contributed by atoms with E-state index in [0.717, 1.165) is 47.5 Å². The lowest BCUT2D eigenvalue weighted by molar-refractivity contribution is -0.916. The van der Waals surface area contributed by atoms with Crippen molar-refractivity contribution in [1.29, 1.82) is 0 Å². The maximum absolute atomic E-state index is 6.21. The van der Waals surface area contributed by atoms with E-state index in [9.17, 15) is 0 Å². The summed E-state index contributed by atoms with van der Waals surface area (Å²) in [4.78, 5) is 0. The highest BCUT2D eigenvalue weighted by atomic mass is 16.5. The summed E-state index contributed by atoms with van der Waals surface area (Å²) in [5.41, 5.74) is 10.9. The Bertz CT molecular complexity index is 709. The Hall–Kier alpha value is -2.26. The van der Waals surface area contributed by atoms with Crippen LogP contribution in [0.2, 0.25) is 0 Å². The summed E-state index contributed by atoms with van der Waals surface area (Å²) in [6.45, 7) is 3.19. The molecule has 0 bridgehead atoms. The molecule has 0 amide bonds. The Labute approximate surface area is 138 Å². The first kappa shape index (κ1) is 15.6. The summed E-state index contributed by atoms with van der Waals surface area (Å²) >= 11 is 0. The third-order valence-corrected chi connectivity index (χ3v) is 4.63. The molecule has 3 rings (SSSR count). The van der Waals surface area contributed by atoms with Crippen LogP contribution in [0, 0.1) is 0 Å². The molecule has 0 aliphatic carbocycles. The molecule has 1 aliphatic heterocycles. The van der Waals surface area contributed by atoms with E-state index in [1.807, 2.05) is 12.1 Å². The fourth-order valence-electron chi connectivity index (χ4n) is 3.40. The lowest BCUT2D eigenvalue weighted by Crippen LogP contribution is -2.46. The first-order valence-corrected chi connectivity index (χ1v) is 8.10. The predicted octanol–water partition coefficient (Wildman–Crippen LogP) is 3.71. The number of hydrogen-bond acceptors (Lipinski definition) is 2. The molecule has 0 saturated carbocycles. The zero-order valence-electron chi connectivity index (χ0n) is 14.0. The summed E-state index contributed by atoms with van der Waals surface area (Å²) in [5, 5.41) is 0. The van der Waals surface area contributed by atoms with Crippen LogP contribution in [0.4, 0.5) is 5.69 Å². The molecule has 0 fully saturated rings. The van der Waals surface area contributed by atoms with Gasteiger partial charge in [0.15, 0.2) is 0 Å². The minimum Gasteiger partial charge on any atom is -0.497 e. The standard InChI is InChI=1S/C20H25N2O/c1-22(14-16-7-4-3-5-8-16)12-6-9-17(15-22)19-13-18(23-2)10-11-20(19)21/h3-5,7-11,13H,6,12,14-15,21H2,1-2H3/q+1. The Kier molecular flexibility index (Phi) is 4.39.